The van der Waals surface area contributed by atoms with Crippen molar-refractivity contribution >= 4 is 23.7 Å². The number of rotatable bonds is 4. The number of amides is 3. The molecule has 7 heteroatoms. The molecule has 3 amide bonds. The average molecular weight is 288 g/mol. The normalized spacial score (nSPS) is 20.6. The number of hydrogen-bond acceptors (Lipinski definition) is 5. The average Bonchev–Trinajstić information content (AvgIpc) is 2.46. The molecule has 0 aromatic heterocycles. The quantitative estimate of drug-likeness (QED) is 0.677. The molecule has 6 nitrogen and oxygen atoms in total. The second-order valence-corrected chi connectivity index (χ2v) is 6.15. The Balaban J connectivity index is 2.50. The van der Waals surface area contributed by atoms with Gasteiger partial charge in [-0.2, -0.15) is 11.8 Å². The second-order valence-electron chi connectivity index (χ2n) is 4.87. The summed E-state index contributed by atoms with van der Waals surface area (Å²) in [7, 11) is 1.49. The van der Waals surface area contributed by atoms with Gasteiger partial charge in [0.2, 0.25) is 5.91 Å². The lowest BCUT2D eigenvalue weighted by Gasteiger charge is -2.41. The molecule has 1 heterocycles. The number of thioether (sulfide) groups is 1. The number of imide groups is 1. The fraction of sp³-hybridized carbons (Fsp3) is 0.833. The lowest BCUT2D eigenvalue weighted by Crippen LogP contribution is -2.54. The summed E-state index contributed by atoms with van der Waals surface area (Å²) in [6.07, 6.45) is 4.04. The highest BCUT2D eigenvalue weighted by molar-refractivity contribution is 8.00. The van der Waals surface area contributed by atoms with Crippen LogP contribution in [0, 0.1) is 0 Å². The number of nitrogens with zero attached hydrogens (tertiary/aromatic N) is 1. The third-order valence-corrected chi connectivity index (χ3v) is 5.35. The SMILES string of the molecule is CNC(=O)NC(=O)C(C)N1CCC(CN)(SC)CC1. The molecule has 1 fully saturated rings. The largest absolute Gasteiger partial charge is 0.341 e. The molecular formula is C12H24N4O2S. The van der Waals surface area contributed by atoms with Gasteiger partial charge in [0.1, 0.15) is 0 Å². The minimum absolute atomic E-state index is 0.146. The number of nitrogens with one attached hydrogen (secondary N) is 2. The van der Waals surface area contributed by atoms with E-state index in [1.54, 1.807) is 0 Å². The minimum atomic E-state index is -0.464. The summed E-state index contributed by atoms with van der Waals surface area (Å²) in [5.74, 6) is -0.260. The predicted molar refractivity (Wildman–Crippen MR) is 78.2 cm³/mol. The Kier molecular flexibility index (Phi) is 6.09. The first-order chi connectivity index (χ1) is 8.98. The van der Waals surface area contributed by atoms with Crippen LogP contribution < -0.4 is 16.4 Å². The standard InChI is InChI=1S/C12H24N4O2S/c1-9(10(17)15-11(18)14-2)16-6-4-12(8-13,19-3)5-7-16/h9H,4-8,13H2,1-3H3,(H2,14,15,17,18). The third-order valence-electron chi connectivity index (χ3n) is 3.91. The number of nitrogens with two attached hydrogens (primary N) is 1. The number of likely N-dealkylation sites (tertiary alicyclic amines) is 1. The van der Waals surface area contributed by atoms with E-state index in [0.29, 0.717) is 6.54 Å². The van der Waals surface area contributed by atoms with Crippen LogP contribution >= 0.6 is 11.8 Å². The van der Waals surface area contributed by atoms with Crippen LogP contribution in [0.4, 0.5) is 4.79 Å². The molecule has 0 radical (unpaired) electrons. The van der Waals surface area contributed by atoms with Gasteiger partial charge in [0, 0.05) is 31.4 Å². The zero-order chi connectivity index (χ0) is 14.5. The summed E-state index contributed by atoms with van der Waals surface area (Å²) in [6, 6.07) is -0.760. The number of carbonyl (C=O) groups excluding carboxylic acids is 2. The van der Waals surface area contributed by atoms with Crippen molar-refractivity contribution in [1.29, 1.82) is 0 Å². The second kappa shape index (κ2) is 7.12. The Morgan fingerprint density at radius 1 is 1.42 bits per heavy atom. The predicted octanol–water partition coefficient (Wildman–Crippen LogP) is -0.0132. The highest BCUT2D eigenvalue weighted by atomic mass is 32.2. The van der Waals surface area contributed by atoms with Gasteiger partial charge in [-0.3, -0.25) is 15.0 Å². The third kappa shape index (κ3) is 4.09. The van der Waals surface area contributed by atoms with Crippen molar-refractivity contribution in [3.05, 3.63) is 0 Å². The lowest BCUT2D eigenvalue weighted by atomic mass is 9.95. The van der Waals surface area contributed by atoms with E-state index in [1.165, 1.54) is 7.05 Å². The fourth-order valence-corrected chi connectivity index (χ4v) is 3.01. The maximum Gasteiger partial charge on any atom is 0.321 e. The van der Waals surface area contributed by atoms with Crippen LogP contribution in [-0.4, -0.2) is 60.6 Å². The number of hydrogen-bond donors (Lipinski definition) is 3. The van der Waals surface area contributed by atoms with E-state index in [2.05, 4.69) is 21.8 Å². The first-order valence-corrected chi connectivity index (χ1v) is 7.72. The van der Waals surface area contributed by atoms with E-state index in [-0.39, 0.29) is 16.7 Å². The van der Waals surface area contributed by atoms with Crippen molar-refractivity contribution in [2.75, 3.05) is 32.9 Å². The van der Waals surface area contributed by atoms with Gasteiger partial charge < -0.3 is 11.1 Å². The maximum atomic E-state index is 11.9. The Morgan fingerprint density at radius 3 is 2.42 bits per heavy atom. The Morgan fingerprint density at radius 2 is 2.00 bits per heavy atom. The van der Waals surface area contributed by atoms with Gasteiger partial charge in [-0.05, 0) is 26.0 Å². The number of urea groups is 1. The first kappa shape index (κ1) is 16.3. The highest BCUT2D eigenvalue weighted by Gasteiger charge is 2.35. The smallest absolute Gasteiger partial charge is 0.321 e. The van der Waals surface area contributed by atoms with E-state index in [0.717, 1.165) is 25.9 Å². The zero-order valence-electron chi connectivity index (χ0n) is 11.9. The van der Waals surface area contributed by atoms with Crippen molar-refractivity contribution in [1.82, 2.24) is 15.5 Å². The summed E-state index contributed by atoms with van der Waals surface area (Å²) < 4.78 is 0.146. The topological polar surface area (TPSA) is 87.5 Å². The minimum Gasteiger partial charge on any atom is -0.341 e. The number of carbonyl (C=O) groups is 2. The molecule has 1 atom stereocenters. The summed E-state index contributed by atoms with van der Waals surface area (Å²) in [5.41, 5.74) is 5.84. The van der Waals surface area contributed by atoms with E-state index in [9.17, 15) is 9.59 Å². The van der Waals surface area contributed by atoms with E-state index in [1.807, 2.05) is 18.7 Å². The molecule has 0 saturated carbocycles. The van der Waals surface area contributed by atoms with Crippen molar-refractivity contribution in [3.8, 4) is 0 Å². The molecule has 110 valence electrons. The highest BCUT2D eigenvalue weighted by Crippen LogP contribution is 2.33. The molecule has 1 rings (SSSR count). The van der Waals surface area contributed by atoms with E-state index < -0.39 is 6.03 Å². The van der Waals surface area contributed by atoms with Crippen molar-refractivity contribution in [3.63, 3.8) is 0 Å². The van der Waals surface area contributed by atoms with Crippen LogP contribution in [0.2, 0.25) is 0 Å². The van der Waals surface area contributed by atoms with Gasteiger partial charge in [0.05, 0.1) is 6.04 Å². The van der Waals surface area contributed by atoms with E-state index in [4.69, 9.17) is 5.73 Å². The molecule has 19 heavy (non-hydrogen) atoms. The molecule has 1 unspecified atom stereocenters. The Labute approximate surface area is 118 Å². The Bertz CT molecular complexity index is 324. The number of piperidine rings is 1. The molecule has 0 aromatic carbocycles. The zero-order valence-corrected chi connectivity index (χ0v) is 12.7. The summed E-state index contributed by atoms with van der Waals surface area (Å²) >= 11 is 1.81. The van der Waals surface area contributed by atoms with Crippen molar-refractivity contribution in [2.24, 2.45) is 5.73 Å². The Hall–Kier alpha value is -0.790. The molecule has 0 spiro atoms. The van der Waals surface area contributed by atoms with Crippen LogP contribution in [0.1, 0.15) is 19.8 Å². The summed E-state index contributed by atoms with van der Waals surface area (Å²) in [6.45, 7) is 4.16. The van der Waals surface area contributed by atoms with Crippen molar-refractivity contribution < 1.29 is 9.59 Å². The summed E-state index contributed by atoms with van der Waals surface area (Å²) in [5, 5.41) is 4.69. The van der Waals surface area contributed by atoms with Crippen LogP contribution in [0.15, 0.2) is 0 Å². The van der Waals surface area contributed by atoms with Gasteiger partial charge in [-0.15, -0.1) is 0 Å². The van der Waals surface area contributed by atoms with Crippen LogP contribution in [0.25, 0.3) is 0 Å². The monoisotopic (exact) mass is 288 g/mol. The molecule has 0 bridgehead atoms. The molecule has 4 N–H and O–H groups in total. The maximum absolute atomic E-state index is 11.9. The van der Waals surface area contributed by atoms with Gasteiger partial charge >= 0.3 is 6.03 Å². The van der Waals surface area contributed by atoms with Crippen LogP contribution in [0.5, 0.6) is 0 Å². The van der Waals surface area contributed by atoms with Gasteiger partial charge in [-0.25, -0.2) is 4.79 Å². The van der Waals surface area contributed by atoms with Gasteiger partial charge in [0.25, 0.3) is 0 Å². The molecule has 1 saturated heterocycles. The first-order valence-electron chi connectivity index (χ1n) is 6.50. The fourth-order valence-electron chi connectivity index (χ4n) is 2.26. The molecular weight excluding hydrogens is 264 g/mol. The molecule has 1 aliphatic rings. The van der Waals surface area contributed by atoms with E-state index >= 15 is 0 Å². The van der Waals surface area contributed by atoms with Crippen LogP contribution in [-0.2, 0) is 4.79 Å². The molecule has 1 aliphatic heterocycles. The van der Waals surface area contributed by atoms with Crippen LogP contribution in [0.3, 0.4) is 0 Å². The lowest BCUT2D eigenvalue weighted by molar-refractivity contribution is -0.125. The van der Waals surface area contributed by atoms with Gasteiger partial charge in [0.15, 0.2) is 0 Å². The molecule has 0 aromatic rings. The summed E-state index contributed by atoms with van der Waals surface area (Å²) in [4.78, 5) is 25.1. The van der Waals surface area contributed by atoms with Gasteiger partial charge in [-0.1, -0.05) is 0 Å². The van der Waals surface area contributed by atoms with Crippen molar-refractivity contribution in [2.45, 2.75) is 30.6 Å². The molecule has 0 aliphatic carbocycles.